The lowest BCUT2D eigenvalue weighted by Crippen LogP contribution is -2.50. The lowest BCUT2D eigenvalue weighted by Gasteiger charge is -2.36. The summed E-state index contributed by atoms with van der Waals surface area (Å²) in [4.78, 5) is 15.5. The Balaban J connectivity index is 1.70. The Kier molecular flexibility index (Phi) is 4.93. The standard InChI is InChI=1S/C15H20N4O2S2/c1-10-9-21-11(2)8-19(10)13(20)5-6-18-14(16-17-15(18)22)12-4-3-7-23-12/h3-4,7,10-11H,5-6,8-9H2,1-2H3,(H,17,22). The Morgan fingerprint density at radius 3 is 3.13 bits per heavy atom. The molecule has 0 bridgehead atoms. The molecule has 1 saturated heterocycles. The molecule has 2 unspecified atom stereocenters. The van der Waals surface area contributed by atoms with Gasteiger partial charge in [0.25, 0.3) is 0 Å². The zero-order chi connectivity index (χ0) is 16.4. The molecule has 0 radical (unpaired) electrons. The smallest absolute Gasteiger partial charge is 0.224 e. The first kappa shape index (κ1) is 16.4. The van der Waals surface area contributed by atoms with Crippen molar-refractivity contribution in [1.82, 2.24) is 19.7 Å². The third-order valence-corrected chi connectivity index (χ3v) is 5.15. The number of aromatic nitrogens is 3. The molecule has 2 atom stereocenters. The van der Waals surface area contributed by atoms with Crippen LogP contribution in [0.5, 0.6) is 0 Å². The average molecular weight is 352 g/mol. The van der Waals surface area contributed by atoms with Crippen LogP contribution in [-0.4, -0.2) is 50.9 Å². The van der Waals surface area contributed by atoms with E-state index in [4.69, 9.17) is 17.0 Å². The molecule has 1 aliphatic rings. The van der Waals surface area contributed by atoms with E-state index in [2.05, 4.69) is 10.2 Å². The van der Waals surface area contributed by atoms with Gasteiger partial charge in [-0.05, 0) is 37.5 Å². The molecule has 1 amide bonds. The van der Waals surface area contributed by atoms with Crippen LogP contribution in [0, 0.1) is 4.77 Å². The molecule has 23 heavy (non-hydrogen) atoms. The van der Waals surface area contributed by atoms with Crippen LogP contribution in [-0.2, 0) is 16.1 Å². The number of carbonyl (C=O) groups excluding carboxylic acids is 1. The molecule has 0 aliphatic carbocycles. The molecular weight excluding hydrogens is 332 g/mol. The minimum absolute atomic E-state index is 0.0907. The molecule has 2 aromatic heterocycles. The first-order valence-corrected chi connectivity index (χ1v) is 8.95. The molecule has 1 fully saturated rings. The number of amides is 1. The number of rotatable bonds is 4. The molecule has 8 heteroatoms. The number of H-pyrrole nitrogens is 1. The van der Waals surface area contributed by atoms with Crippen LogP contribution in [0.1, 0.15) is 20.3 Å². The predicted octanol–water partition coefficient (Wildman–Crippen LogP) is 2.70. The van der Waals surface area contributed by atoms with Crippen molar-refractivity contribution in [2.75, 3.05) is 13.2 Å². The summed E-state index contributed by atoms with van der Waals surface area (Å²) in [6.45, 7) is 5.78. The second-order valence-corrected chi connectivity index (χ2v) is 7.10. The van der Waals surface area contributed by atoms with Gasteiger partial charge in [-0.25, -0.2) is 0 Å². The number of hydrogen-bond donors (Lipinski definition) is 1. The predicted molar refractivity (Wildman–Crippen MR) is 91.9 cm³/mol. The molecule has 124 valence electrons. The highest BCUT2D eigenvalue weighted by Crippen LogP contribution is 2.23. The molecule has 0 spiro atoms. The summed E-state index contributed by atoms with van der Waals surface area (Å²) in [7, 11) is 0. The van der Waals surface area contributed by atoms with Crippen LogP contribution in [0.4, 0.5) is 0 Å². The van der Waals surface area contributed by atoms with Gasteiger partial charge in [0.2, 0.25) is 5.91 Å². The van der Waals surface area contributed by atoms with E-state index in [1.807, 2.05) is 40.8 Å². The van der Waals surface area contributed by atoms with E-state index in [1.54, 1.807) is 11.3 Å². The van der Waals surface area contributed by atoms with Crippen molar-refractivity contribution >= 4 is 29.5 Å². The largest absolute Gasteiger partial charge is 0.375 e. The minimum Gasteiger partial charge on any atom is -0.375 e. The fourth-order valence-electron chi connectivity index (χ4n) is 2.72. The zero-order valence-corrected chi connectivity index (χ0v) is 14.8. The molecule has 3 heterocycles. The maximum Gasteiger partial charge on any atom is 0.224 e. The van der Waals surface area contributed by atoms with Gasteiger partial charge < -0.3 is 9.64 Å². The van der Waals surface area contributed by atoms with Crippen LogP contribution in [0.15, 0.2) is 17.5 Å². The highest BCUT2D eigenvalue weighted by atomic mass is 32.1. The molecule has 3 rings (SSSR count). The molecule has 0 saturated carbocycles. The summed E-state index contributed by atoms with van der Waals surface area (Å²) >= 11 is 6.91. The quantitative estimate of drug-likeness (QED) is 0.860. The van der Waals surface area contributed by atoms with Crippen LogP contribution in [0.25, 0.3) is 10.7 Å². The van der Waals surface area contributed by atoms with Crippen molar-refractivity contribution in [3.63, 3.8) is 0 Å². The molecule has 0 aromatic carbocycles. The normalized spacial score (nSPS) is 21.6. The number of thiophene rings is 1. The Bertz CT molecular complexity index is 722. The summed E-state index contributed by atoms with van der Waals surface area (Å²) in [6.07, 6.45) is 0.497. The number of nitrogens with one attached hydrogen (secondary N) is 1. The molecule has 1 N–H and O–H groups in total. The highest BCUT2D eigenvalue weighted by Gasteiger charge is 2.27. The summed E-state index contributed by atoms with van der Waals surface area (Å²) in [5.74, 6) is 0.925. The maximum atomic E-state index is 12.6. The van der Waals surface area contributed by atoms with Gasteiger partial charge in [-0.1, -0.05) is 6.07 Å². The second kappa shape index (κ2) is 6.94. The number of nitrogens with zero attached hydrogens (tertiary/aromatic N) is 3. The van der Waals surface area contributed by atoms with Gasteiger partial charge in [-0.3, -0.25) is 14.5 Å². The first-order valence-electron chi connectivity index (χ1n) is 7.66. The van der Waals surface area contributed by atoms with Gasteiger partial charge >= 0.3 is 0 Å². The molecule has 1 aliphatic heterocycles. The maximum absolute atomic E-state index is 12.6. The monoisotopic (exact) mass is 352 g/mol. The van der Waals surface area contributed by atoms with E-state index in [9.17, 15) is 4.79 Å². The van der Waals surface area contributed by atoms with E-state index in [0.29, 0.717) is 30.9 Å². The third-order valence-electron chi connectivity index (χ3n) is 3.98. The number of morpholine rings is 1. The highest BCUT2D eigenvalue weighted by molar-refractivity contribution is 7.71. The fourth-order valence-corrected chi connectivity index (χ4v) is 3.67. The SMILES string of the molecule is CC1CN(C(=O)CCn2c(-c3cccs3)n[nH]c2=S)C(C)CO1. The summed E-state index contributed by atoms with van der Waals surface area (Å²) < 4.78 is 8.02. The van der Waals surface area contributed by atoms with Gasteiger partial charge in [0.05, 0.1) is 23.6 Å². The Labute approximate surface area is 144 Å². The van der Waals surface area contributed by atoms with Gasteiger partial charge in [-0.2, -0.15) is 5.10 Å². The Morgan fingerprint density at radius 2 is 2.39 bits per heavy atom. The van der Waals surface area contributed by atoms with E-state index >= 15 is 0 Å². The van der Waals surface area contributed by atoms with E-state index in [0.717, 1.165) is 10.7 Å². The summed E-state index contributed by atoms with van der Waals surface area (Å²) in [5, 5.41) is 9.11. The Morgan fingerprint density at radius 1 is 1.57 bits per heavy atom. The van der Waals surface area contributed by atoms with Gasteiger partial charge in [0.1, 0.15) is 0 Å². The third kappa shape index (κ3) is 3.54. The second-order valence-electron chi connectivity index (χ2n) is 5.77. The molecule has 2 aromatic rings. The Hall–Kier alpha value is -1.51. The van der Waals surface area contributed by atoms with Gasteiger partial charge in [0.15, 0.2) is 10.6 Å². The average Bonchev–Trinajstić information content (AvgIpc) is 3.17. The summed E-state index contributed by atoms with van der Waals surface area (Å²) in [5.41, 5.74) is 0. The van der Waals surface area contributed by atoms with Crippen molar-refractivity contribution < 1.29 is 9.53 Å². The lowest BCUT2D eigenvalue weighted by molar-refractivity contribution is -0.143. The van der Waals surface area contributed by atoms with Crippen molar-refractivity contribution in [1.29, 1.82) is 0 Å². The van der Waals surface area contributed by atoms with E-state index in [-0.39, 0.29) is 18.1 Å². The number of ether oxygens (including phenoxy) is 1. The minimum atomic E-state index is 0.0907. The number of hydrogen-bond acceptors (Lipinski definition) is 5. The van der Waals surface area contributed by atoms with Crippen LogP contribution in [0.2, 0.25) is 0 Å². The van der Waals surface area contributed by atoms with Crippen molar-refractivity contribution in [2.24, 2.45) is 0 Å². The van der Waals surface area contributed by atoms with Crippen LogP contribution >= 0.6 is 23.6 Å². The summed E-state index contributed by atoms with van der Waals surface area (Å²) in [6, 6.07) is 4.09. The van der Waals surface area contributed by atoms with Crippen LogP contribution < -0.4 is 0 Å². The number of carbonyl (C=O) groups is 1. The van der Waals surface area contributed by atoms with E-state index in [1.165, 1.54) is 0 Å². The first-order chi connectivity index (χ1) is 11.1. The molecular formula is C15H20N4O2S2. The lowest BCUT2D eigenvalue weighted by atomic mass is 10.2. The molecule has 6 nitrogen and oxygen atoms in total. The van der Waals surface area contributed by atoms with Gasteiger partial charge in [0, 0.05) is 19.5 Å². The van der Waals surface area contributed by atoms with Gasteiger partial charge in [-0.15, -0.1) is 11.3 Å². The van der Waals surface area contributed by atoms with E-state index < -0.39 is 0 Å². The van der Waals surface area contributed by atoms with Crippen LogP contribution in [0.3, 0.4) is 0 Å². The van der Waals surface area contributed by atoms with Crippen molar-refractivity contribution in [2.45, 2.75) is 39.0 Å². The fraction of sp³-hybridized carbons (Fsp3) is 0.533. The van der Waals surface area contributed by atoms with Crippen molar-refractivity contribution in [3.8, 4) is 10.7 Å². The topological polar surface area (TPSA) is 63.2 Å². The number of aromatic amines is 1. The van der Waals surface area contributed by atoms with Crippen molar-refractivity contribution in [3.05, 3.63) is 22.3 Å². The zero-order valence-electron chi connectivity index (χ0n) is 13.2.